The molecule has 2 atom stereocenters. The van der Waals surface area contributed by atoms with Gasteiger partial charge in [0.1, 0.15) is 5.69 Å². The zero-order chi connectivity index (χ0) is 16.4. The number of fused-ring (bicyclic) bond motifs is 1. The van der Waals surface area contributed by atoms with Gasteiger partial charge in [0.15, 0.2) is 0 Å². The zero-order valence-electron chi connectivity index (χ0n) is 15.1. The molecule has 4 heterocycles. The van der Waals surface area contributed by atoms with Gasteiger partial charge < -0.3 is 15.1 Å². The van der Waals surface area contributed by atoms with E-state index in [9.17, 15) is 4.79 Å². The predicted molar refractivity (Wildman–Crippen MR) is 108 cm³/mol. The number of amides is 1. The van der Waals surface area contributed by atoms with Crippen LogP contribution in [0.15, 0.2) is 12.3 Å². The first kappa shape index (κ1) is 21.2. The zero-order valence-corrected chi connectivity index (χ0v) is 16.7. The molecule has 1 aromatic heterocycles. The number of halogens is 2. The standard InChI is InChI=1S/C18H27N5O.2ClH/c24-17(22-10-5-14-12-19-13-15(14)6-11-22)16-4-7-20-18(21-16)23-8-2-1-3-9-23;;/h4,7,14-15,19H,1-3,5-6,8-13H2;2*1H/t14-,15+;;. The molecule has 1 amide bonds. The Labute approximate surface area is 167 Å². The van der Waals surface area contributed by atoms with Crippen molar-refractivity contribution in [3.8, 4) is 0 Å². The van der Waals surface area contributed by atoms with Crippen LogP contribution in [0.25, 0.3) is 0 Å². The highest BCUT2D eigenvalue weighted by atomic mass is 35.5. The maximum atomic E-state index is 12.9. The number of carbonyl (C=O) groups excluding carboxylic acids is 1. The van der Waals surface area contributed by atoms with Crippen molar-refractivity contribution in [3.63, 3.8) is 0 Å². The fourth-order valence-corrected chi connectivity index (χ4v) is 4.30. The van der Waals surface area contributed by atoms with Crippen LogP contribution in [0.1, 0.15) is 42.6 Å². The van der Waals surface area contributed by atoms with Gasteiger partial charge in [-0.15, -0.1) is 24.8 Å². The number of likely N-dealkylation sites (tertiary alicyclic amines) is 1. The fraction of sp³-hybridized carbons (Fsp3) is 0.722. The first-order chi connectivity index (χ1) is 11.8. The summed E-state index contributed by atoms with van der Waals surface area (Å²) < 4.78 is 0. The lowest BCUT2D eigenvalue weighted by atomic mass is 9.92. The van der Waals surface area contributed by atoms with E-state index in [4.69, 9.17) is 0 Å². The van der Waals surface area contributed by atoms with Gasteiger partial charge in [0.05, 0.1) is 0 Å². The van der Waals surface area contributed by atoms with Crippen LogP contribution >= 0.6 is 24.8 Å². The molecule has 0 saturated carbocycles. The lowest BCUT2D eigenvalue weighted by Crippen LogP contribution is -2.35. The van der Waals surface area contributed by atoms with Crippen molar-refractivity contribution in [1.29, 1.82) is 0 Å². The van der Waals surface area contributed by atoms with E-state index < -0.39 is 0 Å². The highest BCUT2D eigenvalue weighted by molar-refractivity contribution is 5.92. The number of carbonyl (C=O) groups is 1. The molecule has 4 rings (SSSR count). The Morgan fingerprint density at radius 2 is 1.65 bits per heavy atom. The molecule has 0 aliphatic carbocycles. The molecule has 1 aromatic rings. The average Bonchev–Trinajstić information content (AvgIpc) is 3.00. The van der Waals surface area contributed by atoms with E-state index in [2.05, 4.69) is 20.2 Å². The topological polar surface area (TPSA) is 61.4 Å². The van der Waals surface area contributed by atoms with Gasteiger partial charge in [0.25, 0.3) is 5.91 Å². The molecule has 0 spiro atoms. The van der Waals surface area contributed by atoms with E-state index >= 15 is 0 Å². The molecule has 3 saturated heterocycles. The number of hydrogen-bond donors (Lipinski definition) is 1. The van der Waals surface area contributed by atoms with Gasteiger partial charge >= 0.3 is 0 Å². The van der Waals surface area contributed by atoms with Crippen molar-refractivity contribution in [2.75, 3.05) is 44.2 Å². The van der Waals surface area contributed by atoms with E-state index in [0.717, 1.165) is 69.9 Å². The third kappa shape index (κ3) is 4.59. The number of nitrogens with one attached hydrogen (secondary N) is 1. The molecular weight excluding hydrogens is 373 g/mol. The number of nitrogens with zero attached hydrogens (tertiary/aromatic N) is 4. The SMILES string of the molecule is Cl.Cl.O=C(c1ccnc(N2CCCCC2)n1)N1CC[C@@H]2CNC[C@@H]2CC1. The van der Waals surface area contributed by atoms with Gasteiger partial charge in [-0.05, 0) is 63.1 Å². The predicted octanol–water partition coefficient (Wildman–Crippen LogP) is 2.38. The number of rotatable bonds is 2. The van der Waals surface area contributed by atoms with Crippen LogP contribution in [0.5, 0.6) is 0 Å². The van der Waals surface area contributed by atoms with Gasteiger partial charge in [-0.2, -0.15) is 0 Å². The number of anilines is 1. The van der Waals surface area contributed by atoms with Crippen molar-refractivity contribution < 1.29 is 4.79 Å². The molecule has 26 heavy (non-hydrogen) atoms. The maximum absolute atomic E-state index is 12.9. The summed E-state index contributed by atoms with van der Waals surface area (Å²) in [6, 6.07) is 1.77. The first-order valence-corrected chi connectivity index (χ1v) is 9.39. The van der Waals surface area contributed by atoms with E-state index in [1.807, 2.05) is 4.90 Å². The number of piperidine rings is 1. The summed E-state index contributed by atoms with van der Waals surface area (Å²) in [5.74, 6) is 2.26. The molecule has 146 valence electrons. The quantitative estimate of drug-likeness (QED) is 0.823. The minimum atomic E-state index is 0. The van der Waals surface area contributed by atoms with Crippen molar-refractivity contribution in [1.82, 2.24) is 20.2 Å². The Kier molecular flexibility index (Phi) is 7.92. The van der Waals surface area contributed by atoms with Crippen molar-refractivity contribution in [2.45, 2.75) is 32.1 Å². The summed E-state index contributed by atoms with van der Waals surface area (Å²) >= 11 is 0. The Balaban J connectivity index is 0.00000121. The normalized spacial score (nSPS) is 25.5. The van der Waals surface area contributed by atoms with Crippen LogP contribution in [-0.2, 0) is 0 Å². The molecule has 1 N–H and O–H groups in total. The van der Waals surface area contributed by atoms with E-state index in [1.54, 1.807) is 12.3 Å². The Morgan fingerprint density at radius 3 is 2.31 bits per heavy atom. The minimum absolute atomic E-state index is 0. The molecule has 0 bridgehead atoms. The monoisotopic (exact) mass is 401 g/mol. The van der Waals surface area contributed by atoms with Gasteiger partial charge in [-0.25, -0.2) is 9.97 Å². The van der Waals surface area contributed by atoms with Crippen LogP contribution < -0.4 is 10.2 Å². The van der Waals surface area contributed by atoms with Gasteiger partial charge in [-0.3, -0.25) is 4.79 Å². The van der Waals surface area contributed by atoms with Crippen molar-refractivity contribution >= 4 is 36.7 Å². The lowest BCUT2D eigenvalue weighted by molar-refractivity contribution is 0.0752. The summed E-state index contributed by atoms with van der Waals surface area (Å²) in [4.78, 5) is 26.1. The molecule has 0 unspecified atom stereocenters. The van der Waals surface area contributed by atoms with Crippen LogP contribution in [-0.4, -0.2) is 60.0 Å². The number of hydrogen-bond acceptors (Lipinski definition) is 5. The van der Waals surface area contributed by atoms with Gasteiger partial charge in [0, 0.05) is 32.4 Å². The second kappa shape index (κ2) is 9.72. The maximum Gasteiger partial charge on any atom is 0.272 e. The Hall–Kier alpha value is -1.11. The third-order valence-corrected chi connectivity index (χ3v) is 5.81. The molecule has 0 aromatic carbocycles. The van der Waals surface area contributed by atoms with E-state index in [0.29, 0.717) is 5.69 Å². The first-order valence-electron chi connectivity index (χ1n) is 9.39. The lowest BCUT2D eigenvalue weighted by Gasteiger charge is -2.27. The van der Waals surface area contributed by atoms with Gasteiger partial charge in [-0.1, -0.05) is 0 Å². The molecule has 3 fully saturated rings. The molecule has 3 aliphatic heterocycles. The number of aromatic nitrogens is 2. The Morgan fingerprint density at radius 1 is 1.00 bits per heavy atom. The minimum Gasteiger partial charge on any atom is -0.341 e. The van der Waals surface area contributed by atoms with Gasteiger partial charge in [0.2, 0.25) is 5.95 Å². The van der Waals surface area contributed by atoms with Crippen LogP contribution in [0.4, 0.5) is 5.95 Å². The highest BCUT2D eigenvalue weighted by Crippen LogP contribution is 2.27. The van der Waals surface area contributed by atoms with Crippen LogP contribution in [0, 0.1) is 11.8 Å². The molecule has 3 aliphatic rings. The summed E-state index contributed by atoms with van der Waals surface area (Å²) in [7, 11) is 0. The highest BCUT2D eigenvalue weighted by Gasteiger charge is 2.32. The summed E-state index contributed by atoms with van der Waals surface area (Å²) in [5, 5.41) is 3.48. The second-order valence-corrected chi connectivity index (χ2v) is 7.34. The molecule has 0 radical (unpaired) electrons. The third-order valence-electron chi connectivity index (χ3n) is 5.81. The van der Waals surface area contributed by atoms with Crippen LogP contribution in [0.2, 0.25) is 0 Å². The van der Waals surface area contributed by atoms with E-state index in [-0.39, 0.29) is 30.7 Å². The van der Waals surface area contributed by atoms with E-state index in [1.165, 1.54) is 19.3 Å². The second-order valence-electron chi connectivity index (χ2n) is 7.34. The van der Waals surface area contributed by atoms with Crippen LogP contribution in [0.3, 0.4) is 0 Å². The van der Waals surface area contributed by atoms with Crippen molar-refractivity contribution in [3.05, 3.63) is 18.0 Å². The smallest absolute Gasteiger partial charge is 0.272 e. The molecular formula is C18H29Cl2N5O. The molecule has 6 nitrogen and oxygen atoms in total. The Bertz CT molecular complexity index is 583. The summed E-state index contributed by atoms with van der Waals surface area (Å²) in [6.45, 7) is 5.92. The van der Waals surface area contributed by atoms with Crippen molar-refractivity contribution in [2.24, 2.45) is 11.8 Å². The average molecular weight is 402 g/mol. The summed E-state index contributed by atoms with van der Waals surface area (Å²) in [5.41, 5.74) is 0.552. The molecule has 8 heteroatoms. The largest absolute Gasteiger partial charge is 0.341 e. The summed E-state index contributed by atoms with van der Waals surface area (Å²) in [6.07, 6.45) is 7.59. The fourth-order valence-electron chi connectivity index (χ4n) is 4.30.